The van der Waals surface area contributed by atoms with Crippen LogP contribution in [0.25, 0.3) is 0 Å². The highest BCUT2D eigenvalue weighted by Crippen LogP contribution is 1.87. The van der Waals surface area contributed by atoms with Gasteiger partial charge in [-0.05, 0) is 6.42 Å². The van der Waals surface area contributed by atoms with Crippen molar-refractivity contribution in [3.63, 3.8) is 0 Å². The van der Waals surface area contributed by atoms with E-state index in [2.05, 4.69) is 19.6 Å². The molecular weight excluding hydrogens is 273 g/mol. The molecule has 0 aliphatic heterocycles. The number of halogens is 1. The third kappa shape index (κ3) is 7.47. The van der Waals surface area contributed by atoms with Gasteiger partial charge in [-0.25, -0.2) is 4.79 Å². The lowest BCUT2D eigenvalue weighted by atomic mass is 10.4. The van der Waals surface area contributed by atoms with Gasteiger partial charge < -0.3 is 9.57 Å². The molecule has 0 bridgehead atoms. The molecule has 0 saturated carbocycles. The molecule has 1 amide bonds. The molecule has 0 rings (SSSR count). The van der Waals surface area contributed by atoms with Crippen LogP contribution >= 0.6 is 22.6 Å². The number of carbonyl (C=O) groups is 1. The zero-order chi connectivity index (χ0) is 9.23. The fourth-order valence-electron chi connectivity index (χ4n) is 0.425. The van der Waals surface area contributed by atoms with Gasteiger partial charge in [-0.3, -0.25) is 0 Å². The highest BCUT2D eigenvalue weighted by molar-refractivity contribution is 14.1. The minimum absolute atomic E-state index is 0.406. The highest BCUT2D eigenvalue weighted by Gasteiger charge is 1.98. The van der Waals surface area contributed by atoms with E-state index in [1.54, 1.807) is 22.6 Å². The molecule has 0 aromatic carbocycles. The zero-order valence-corrected chi connectivity index (χ0v) is 8.88. The summed E-state index contributed by atoms with van der Waals surface area (Å²) in [7, 11) is 0. The topological polar surface area (TPSA) is 47.6 Å². The standard InChI is InChI=1S/C7H10INO3/c1-2-3-5-11-7(10)9-12-6-4-8/h2-3,5H2,1H3,(H,9,10). The molecule has 0 aromatic rings. The van der Waals surface area contributed by atoms with Crippen molar-refractivity contribution in [2.75, 3.05) is 6.61 Å². The van der Waals surface area contributed by atoms with Gasteiger partial charge in [-0.1, -0.05) is 13.3 Å². The van der Waals surface area contributed by atoms with Crippen molar-refractivity contribution in [2.45, 2.75) is 19.8 Å². The molecule has 0 fully saturated rings. The van der Waals surface area contributed by atoms with Crippen LogP contribution in [0, 0.1) is 10.0 Å². The Morgan fingerprint density at radius 3 is 3.00 bits per heavy atom. The molecule has 0 heterocycles. The van der Waals surface area contributed by atoms with E-state index < -0.39 is 6.09 Å². The molecule has 5 heteroatoms. The minimum Gasteiger partial charge on any atom is -0.447 e. The lowest BCUT2D eigenvalue weighted by Gasteiger charge is -2.02. The van der Waals surface area contributed by atoms with Gasteiger partial charge in [0.25, 0.3) is 0 Å². The zero-order valence-electron chi connectivity index (χ0n) is 6.72. The van der Waals surface area contributed by atoms with Crippen molar-refractivity contribution >= 4 is 28.7 Å². The molecule has 12 heavy (non-hydrogen) atoms. The molecule has 4 nitrogen and oxygen atoms in total. The summed E-state index contributed by atoms with van der Waals surface area (Å²) < 4.78 is 7.10. The summed E-state index contributed by atoms with van der Waals surface area (Å²) in [6.07, 6.45) is 3.43. The van der Waals surface area contributed by atoms with Crippen LogP contribution in [0.1, 0.15) is 19.8 Å². The van der Waals surface area contributed by atoms with Crippen LogP contribution in [0.15, 0.2) is 0 Å². The lowest BCUT2D eigenvalue weighted by Crippen LogP contribution is -2.23. The predicted molar refractivity (Wildman–Crippen MR) is 52.3 cm³/mol. The number of hydrogen-bond acceptors (Lipinski definition) is 3. The SMILES string of the molecule is CCCCOC(=O)NOC#CI. The number of nitrogens with one attached hydrogen (secondary N) is 1. The van der Waals surface area contributed by atoms with Crippen molar-refractivity contribution in [1.82, 2.24) is 5.48 Å². The van der Waals surface area contributed by atoms with Crippen molar-refractivity contribution in [1.29, 1.82) is 0 Å². The van der Waals surface area contributed by atoms with Crippen LogP contribution in [0.3, 0.4) is 0 Å². The molecule has 0 spiro atoms. The molecule has 0 saturated heterocycles. The molecule has 0 radical (unpaired) electrons. The van der Waals surface area contributed by atoms with E-state index in [0.29, 0.717) is 6.61 Å². The Balaban J connectivity index is 3.25. The second-order valence-corrected chi connectivity index (χ2v) is 2.43. The summed E-state index contributed by atoms with van der Waals surface area (Å²) >= 11 is 1.79. The summed E-state index contributed by atoms with van der Waals surface area (Å²) in [4.78, 5) is 15.0. The van der Waals surface area contributed by atoms with E-state index in [4.69, 9.17) is 0 Å². The Bertz CT molecular complexity index is 185. The largest absolute Gasteiger partial charge is 0.447 e. The third-order valence-electron chi connectivity index (χ3n) is 0.955. The number of hydroxylamine groups is 1. The molecule has 0 atom stereocenters. The highest BCUT2D eigenvalue weighted by atomic mass is 127. The van der Waals surface area contributed by atoms with Crippen LogP contribution in [0.2, 0.25) is 0 Å². The van der Waals surface area contributed by atoms with Crippen LogP contribution in [-0.4, -0.2) is 12.7 Å². The summed E-state index contributed by atoms with van der Waals surface area (Å²) in [5, 5.41) is 0. The fourth-order valence-corrected chi connectivity index (χ4v) is 0.535. The lowest BCUT2D eigenvalue weighted by molar-refractivity contribution is 0.0867. The average molecular weight is 283 g/mol. The van der Waals surface area contributed by atoms with Gasteiger partial charge in [0.15, 0.2) is 6.11 Å². The van der Waals surface area contributed by atoms with Gasteiger partial charge in [0.1, 0.15) is 0 Å². The Hall–Kier alpha value is -0.640. The maximum Gasteiger partial charge on any atom is 0.441 e. The third-order valence-corrected chi connectivity index (χ3v) is 1.18. The Morgan fingerprint density at radius 1 is 1.67 bits per heavy atom. The maximum atomic E-state index is 10.7. The molecule has 0 unspecified atom stereocenters. The van der Waals surface area contributed by atoms with E-state index >= 15 is 0 Å². The van der Waals surface area contributed by atoms with Crippen LogP contribution in [-0.2, 0) is 9.57 Å². The van der Waals surface area contributed by atoms with E-state index in [-0.39, 0.29) is 0 Å². The molecule has 1 N–H and O–H groups in total. The number of ether oxygens (including phenoxy) is 1. The fraction of sp³-hybridized carbons (Fsp3) is 0.571. The Labute approximate surface area is 85.1 Å². The Kier molecular flexibility index (Phi) is 8.01. The minimum atomic E-state index is -0.609. The molecular formula is C7H10INO3. The van der Waals surface area contributed by atoms with Crippen LogP contribution in [0.5, 0.6) is 0 Å². The van der Waals surface area contributed by atoms with Crippen LogP contribution in [0.4, 0.5) is 4.79 Å². The molecule has 0 aromatic heterocycles. The first-order valence-electron chi connectivity index (χ1n) is 3.50. The predicted octanol–water partition coefficient (Wildman–Crippen LogP) is 1.80. The first-order chi connectivity index (χ1) is 5.81. The van der Waals surface area contributed by atoms with Crippen molar-refractivity contribution in [3.8, 4) is 10.0 Å². The summed E-state index contributed by atoms with van der Waals surface area (Å²) in [5.41, 5.74) is 2.00. The van der Waals surface area contributed by atoms with Gasteiger partial charge in [0.05, 0.1) is 6.61 Å². The van der Waals surface area contributed by atoms with Crippen molar-refractivity contribution in [3.05, 3.63) is 0 Å². The van der Waals surface area contributed by atoms with Gasteiger partial charge >= 0.3 is 6.09 Å². The first kappa shape index (κ1) is 11.4. The summed E-state index contributed by atoms with van der Waals surface area (Å²) in [6, 6.07) is 0. The monoisotopic (exact) mass is 283 g/mol. The van der Waals surface area contributed by atoms with E-state index in [0.717, 1.165) is 12.8 Å². The summed E-state index contributed by atoms with van der Waals surface area (Å²) in [5.74, 6) is 0. The van der Waals surface area contributed by atoms with E-state index in [9.17, 15) is 4.79 Å². The maximum absolute atomic E-state index is 10.7. The number of unbranched alkanes of at least 4 members (excludes halogenated alkanes) is 1. The van der Waals surface area contributed by atoms with Crippen molar-refractivity contribution in [2.24, 2.45) is 0 Å². The summed E-state index contributed by atoms with van der Waals surface area (Å²) in [6.45, 7) is 2.42. The number of rotatable bonds is 4. The smallest absolute Gasteiger partial charge is 0.441 e. The first-order valence-corrected chi connectivity index (χ1v) is 4.58. The number of hydrogen-bond donors (Lipinski definition) is 1. The second-order valence-electron chi connectivity index (χ2n) is 1.89. The Morgan fingerprint density at radius 2 is 2.42 bits per heavy atom. The van der Waals surface area contributed by atoms with Gasteiger partial charge in [0.2, 0.25) is 0 Å². The second kappa shape index (κ2) is 8.46. The molecule has 0 aliphatic carbocycles. The van der Waals surface area contributed by atoms with Gasteiger partial charge in [0, 0.05) is 26.5 Å². The molecule has 68 valence electrons. The van der Waals surface area contributed by atoms with Crippen molar-refractivity contribution < 1.29 is 14.4 Å². The van der Waals surface area contributed by atoms with E-state index in [1.165, 1.54) is 0 Å². The molecule has 0 aliphatic rings. The van der Waals surface area contributed by atoms with Gasteiger partial charge in [-0.15, -0.1) is 5.48 Å². The van der Waals surface area contributed by atoms with E-state index in [1.807, 2.05) is 12.4 Å². The quantitative estimate of drug-likeness (QED) is 0.370. The number of carbonyl (C=O) groups excluding carboxylic acids is 1. The number of amides is 1. The van der Waals surface area contributed by atoms with Crippen LogP contribution < -0.4 is 5.48 Å². The average Bonchev–Trinajstić information content (AvgIpc) is 2.06. The van der Waals surface area contributed by atoms with Gasteiger partial charge in [-0.2, -0.15) is 0 Å². The normalized spacial score (nSPS) is 7.83.